The van der Waals surface area contributed by atoms with Crippen LogP contribution in [0.15, 0.2) is 36.4 Å². The van der Waals surface area contributed by atoms with Crippen molar-refractivity contribution >= 4 is 16.9 Å². The van der Waals surface area contributed by atoms with Gasteiger partial charge >= 0.3 is 5.91 Å². The third-order valence-corrected chi connectivity index (χ3v) is 7.56. The molecule has 0 spiro atoms. The highest BCUT2D eigenvalue weighted by atomic mass is 32.2. The van der Waals surface area contributed by atoms with Gasteiger partial charge in [-0.15, -0.1) is 0 Å². The minimum Gasteiger partial charge on any atom is -0.612 e. The molecule has 2 unspecified atom stereocenters. The summed E-state index contributed by atoms with van der Waals surface area (Å²) in [4.78, 5) is 14.4. The summed E-state index contributed by atoms with van der Waals surface area (Å²) in [7, 11) is -2.00. The van der Waals surface area contributed by atoms with Crippen LogP contribution in [0.3, 0.4) is 0 Å². The fourth-order valence-electron chi connectivity index (χ4n) is 4.64. The zero-order valence-electron chi connectivity index (χ0n) is 18.4. The molecule has 1 saturated carbocycles. The van der Waals surface area contributed by atoms with Crippen LogP contribution in [-0.4, -0.2) is 41.0 Å². The lowest BCUT2D eigenvalue weighted by Gasteiger charge is -2.40. The van der Waals surface area contributed by atoms with Gasteiger partial charge in [-0.25, -0.2) is 18.0 Å². The van der Waals surface area contributed by atoms with Gasteiger partial charge in [0.15, 0.2) is 0 Å². The maximum atomic E-state index is 14.8. The molecule has 2 aromatic rings. The van der Waals surface area contributed by atoms with Gasteiger partial charge in [0.2, 0.25) is 11.0 Å². The van der Waals surface area contributed by atoms with Gasteiger partial charge < -0.3 is 5.21 Å². The van der Waals surface area contributed by atoms with Crippen LogP contribution < -0.4 is 4.47 Å². The maximum Gasteiger partial charge on any atom is 0.360 e. The van der Waals surface area contributed by atoms with Gasteiger partial charge in [0, 0.05) is 12.0 Å². The standard InChI is InChI=1S/C24H27F3N2O3S/c1-33(32)29(31)23(30)21-13-20(16-2-3-16)17(12-22(21)27)14-28-10-8-24(15-25,9-11-28)18-4-6-19(26)7-5-18/h4-7,12-13,16,29H,2-3,8-11,14-15H2,1H3. The summed E-state index contributed by atoms with van der Waals surface area (Å²) in [5.41, 5.74) is 1.41. The number of amides is 1. The normalized spacial score (nSPS) is 20.4. The summed E-state index contributed by atoms with van der Waals surface area (Å²) in [6, 6.07) is 8.75. The molecule has 0 bridgehead atoms. The van der Waals surface area contributed by atoms with E-state index in [2.05, 4.69) is 4.90 Å². The Morgan fingerprint density at radius 3 is 2.36 bits per heavy atom. The van der Waals surface area contributed by atoms with E-state index in [1.807, 2.05) is 0 Å². The molecule has 1 N–H and O–H groups in total. The fraction of sp³-hybridized carbons (Fsp3) is 0.458. The Bertz CT molecular complexity index is 1050. The van der Waals surface area contributed by atoms with Crippen LogP contribution in [0.5, 0.6) is 0 Å². The zero-order chi connectivity index (χ0) is 23.8. The second-order valence-corrected chi connectivity index (χ2v) is 10.4. The molecule has 1 amide bonds. The number of piperidine rings is 1. The van der Waals surface area contributed by atoms with Crippen LogP contribution in [0.1, 0.15) is 58.6 Å². The van der Waals surface area contributed by atoms with E-state index in [4.69, 9.17) is 0 Å². The zero-order valence-corrected chi connectivity index (χ0v) is 19.2. The lowest BCUT2D eigenvalue weighted by atomic mass is 9.74. The molecule has 2 aliphatic rings. The van der Waals surface area contributed by atoms with E-state index in [-0.39, 0.29) is 17.3 Å². The summed E-state index contributed by atoms with van der Waals surface area (Å²) >= 11 is 0. The molecule has 1 aliphatic heterocycles. The van der Waals surface area contributed by atoms with E-state index >= 15 is 0 Å². The van der Waals surface area contributed by atoms with Crippen LogP contribution in [-0.2, 0) is 22.9 Å². The van der Waals surface area contributed by atoms with Gasteiger partial charge in [-0.3, -0.25) is 9.29 Å². The Balaban J connectivity index is 1.51. The Hall–Kier alpha value is -2.07. The van der Waals surface area contributed by atoms with E-state index in [0.29, 0.717) is 32.5 Å². The Labute approximate surface area is 193 Å². The third kappa shape index (κ3) is 5.06. The molecule has 2 atom stereocenters. The smallest absolute Gasteiger partial charge is 0.360 e. The molecule has 0 radical (unpaired) electrons. The second-order valence-electron chi connectivity index (χ2n) is 9.07. The van der Waals surface area contributed by atoms with Crippen molar-refractivity contribution in [2.75, 3.05) is 26.0 Å². The lowest BCUT2D eigenvalue weighted by molar-refractivity contribution is -0.600. The largest absolute Gasteiger partial charge is 0.612 e. The van der Waals surface area contributed by atoms with Crippen molar-refractivity contribution in [3.8, 4) is 0 Å². The van der Waals surface area contributed by atoms with E-state index in [9.17, 15) is 27.4 Å². The molecular weight excluding hydrogens is 453 g/mol. The second kappa shape index (κ2) is 9.66. The first-order valence-electron chi connectivity index (χ1n) is 11.0. The van der Waals surface area contributed by atoms with Crippen molar-refractivity contribution < 1.29 is 26.6 Å². The number of nitrogens with one attached hydrogen (secondary N) is 1. The Morgan fingerprint density at radius 2 is 1.82 bits per heavy atom. The van der Waals surface area contributed by atoms with Crippen LogP contribution in [0.4, 0.5) is 13.2 Å². The fourth-order valence-corrected chi connectivity index (χ4v) is 5.01. The van der Waals surface area contributed by atoms with Crippen molar-refractivity contribution in [3.05, 3.63) is 75.5 Å². The minimum absolute atomic E-state index is 0.211. The molecule has 1 saturated heterocycles. The average molecular weight is 481 g/mol. The topological polar surface area (TPSA) is 64.9 Å². The number of carbonyl (C=O) groups excluding carboxylic acids is 1. The molecule has 9 heteroatoms. The van der Waals surface area contributed by atoms with Gasteiger partial charge in [-0.2, -0.15) is 4.21 Å². The summed E-state index contributed by atoms with van der Waals surface area (Å²) in [6.45, 7) is 1.12. The molecule has 178 valence electrons. The summed E-state index contributed by atoms with van der Waals surface area (Å²) in [5, 5.41) is 11.8. The van der Waals surface area contributed by atoms with Crippen molar-refractivity contribution in [1.29, 1.82) is 0 Å². The van der Waals surface area contributed by atoms with E-state index < -0.39 is 39.3 Å². The van der Waals surface area contributed by atoms with Gasteiger partial charge in [0.1, 0.15) is 17.2 Å². The minimum atomic E-state index is -2.00. The Morgan fingerprint density at radius 1 is 1.18 bits per heavy atom. The quantitative estimate of drug-likeness (QED) is 0.619. The van der Waals surface area contributed by atoms with Crippen LogP contribution in [0.2, 0.25) is 0 Å². The number of carbonyl (C=O) groups is 1. The van der Waals surface area contributed by atoms with E-state index in [1.165, 1.54) is 24.3 Å². The molecule has 1 aliphatic carbocycles. The van der Waals surface area contributed by atoms with Gasteiger partial charge in [-0.1, -0.05) is 12.1 Å². The molecule has 1 heterocycles. The SMILES string of the molecule is CS(=O)[NH+]([O-])C(=O)c1cc(C2CC2)c(CN2CCC(CF)(c3ccc(F)cc3)CC2)cc1F. The first-order chi connectivity index (χ1) is 15.7. The Kier molecular flexibility index (Phi) is 7.04. The maximum absolute atomic E-state index is 14.8. The van der Waals surface area contributed by atoms with Crippen molar-refractivity contribution in [1.82, 2.24) is 4.90 Å². The molecule has 5 nitrogen and oxygen atoms in total. The van der Waals surface area contributed by atoms with Crippen molar-refractivity contribution in [2.45, 2.75) is 43.6 Å². The number of hydrogen-bond acceptors (Lipinski definition) is 4. The molecule has 2 fully saturated rings. The van der Waals surface area contributed by atoms with Crippen molar-refractivity contribution in [2.24, 2.45) is 0 Å². The van der Waals surface area contributed by atoms with Crippen LogP contribution >= 0.6 is 0 Å². The highest BCUT2D eigenvalue weighted by Crippen LogP contribution is 2.43. The molecule has 4 rings (SSSR count). The summed E-state index contributed by atoms with van der Waals surface area (Å²) in [6.07, 6.45) is 4.08. The number of halogens is 3. The number of quaternary nitrogens is 1. The first-order valence-corrected chi connectivity index (χ1v) is 12.6. The van der Waals surface area contributed by atoms with E-state index in [0.717, 1.165) is 35.8 Å². The number of hydroxylamine groups is 1. The number of benzene rings is 2. The highest BCUT2D eigenvalue weighted by molar-refractivity contribution is 7.78. The predicted molar refractivity (Wildman–Crippen MR) is 120 cm³/mol. The molecule has 0 aromatic heterocycles. The van der Waals surface area contributed by atoms with Gasteiger partial charge in [-0.05, 0) is 85.6 Å². The summed E-state index contributed by atoms with van der Waals surface area (Å²) in [5.74, 6) is -2.00. The molecule has 33 heavy (non-hydrogen) atoms. The number of likely N-dealkylation sites (tertiary alicyclic amines) is 1. The van der Waals surface area contributed by atoms with Crippen molar-refractivity contribution in [3.63, 3.8) is 0 Å². The lowest BCUT2D eigenvalue weighted by Crippen LogP contribution is -3.09. The van der Waals surface area contributed by atoms with Gasteiger partial charge in [0.05, 0.1) is 12.9 Å². The third-order valence-electron chi connectivity index (χ3n) is 6.86. The molecule has 2 aromatic carbocycles. The number of nitrogens with zero attached hydrogens (tertiary/aromatic N) is 1. The predicted octanol–water partition coefficient (Wildman–Crippen LogP) is 3.16. The first kappa shape index (κ1) is 24.1. The number of rotatable bonds is 7. The number of hydrogen-bond donors (Lipinski definition) is 1. The summed E-state index contributed by atoms with van der Waals surface area (Å²) < 4.78 is 52.5. The van der Waals surface area contributed by atoms with Crippen LogP contribution in [0, 0.1) is 16.8 Å². The number of alkyl halides is 1. The van der Waals surface area contributed by atoms with E-state index in [1.54, 1.807) is 12.1 Å². The molecular formula is C24H27F3N2O3S. The monoisotopic (exact) mass is 480 g/mol. The van der Waals surface area contributed by atoms with Gasteiger partial charge in [0.25, 0.3) is 0 Å². The highest BCUT2D eigenvalue weighted by Gasteiger charge is 2.37. The average Bonchev–Trinajstić information content (AvgIpc) is 3.65. The van der Waals surface area contributed by atoms with Crippen LogP contribution in [0.25, 0.3) is 0 Å².